The molecule has 1 aliphatic heterocycles. The Morgan fingerprint density at radius 3 is 2.39 bits per heavy atom. The molecule has 1 aliphatic carbocycles. The van der Waals surface area contributed by atoms with Crippen LogP contribution in [0.2, 0.25) is 0 Å². The third-order valence-corrected chi connectivity index (χ3v) is 7.26. The van der Waals surface area contributed by atoms with Gasteiger partial charge in [0.05, 0.1) is 12.6 Å². The van der Waals surface area contributed by atoms with E-state index in [2.05, 4.69) is 33.0 Å². The first kappa shape index (κ1) is 27.9. The molecule has 1 saturated heterocycles. The van der Waals surface area contributed by atoms with Crippen molar-refractivity contribution in [1.82, 2.24) is 25.8 Å². The number of nitrogens with one attached hydrogen (secondary N) is 3. The lowest BCUT2D eigenvalue weighted by Crippen LogP contribution is -2.62. The number of hydrogen-bond donors (Lipinski definition) is 3. The molecule has 3 rings (SSSR count). The van der Waals surface area contributed by atoms with E-state index in [9.17, 15) is 14.4 Å². The number of carbonyl (C=O) groups excluding carboxylic acids is 3. The molecule has 1 aromatic rings. The second kappa shape index (κ2) is 13.6. The van der Waals surface area contributed by atoms with Crippen molar-refractivity contribution in [3.05, 3.63) is 35.9 Å². The lowest BCUT2D eigenvalue weighted by molar-refractivity contribution is -0.153. The minimum absolute atomic E-state index is 0.121. The molecule has 9 nitrogen and oxygen atoms in total. The highest BCUT2D eigenvalue weighted by molar-refractivity contribution is 5.90. The Morgan fingerprint density at radius 2 is 1.75 bits per heavy atom. The van der Waals surface area contributed by atoms with Gasteiger partial charge in [-0.25, -0.2) is 4.79 Å². The van der Waals surface area contributed by atoms with E-state index in [1.807, 2.05) is 32.0 Å². The summed E-state index contributed by atoms with van der Waals surface area (Å²) in [6.07, 6.45) is 3.42. The third-order valence-electron chi connectivity index (χ3n) is 7.26. The van der Waals surface area contributed by atoms with Crippen LogP contribution in [-0.2, 0) is 20.9 Å². The van der Waals surface area contributed by atoms with Crippen LogP contribution in [0.15, 0.2) is 30.3 Å². The molecule has 2 aliphatic rings. The predicted molar refractivity (Wildman–Crippen MR) is 139 cm³/mol. The van der Waals surface area contributed by atoms with Crippen LogP contribution in [0.25, 0.3) is 0 Å². The average molecular weight is 502 g/mol. The first-order valence-corrected chi connectivity index (χ1v) is 13.3. The van der Waals surface area contributed by atoms with Crippen molar-refractivity contribution in [3.63, 3.8) is 0 Å². The van der Waals surface area contributed by atoms with E-state index in [0.717, 1.165) is 18.4 Å². The highest BCUT2D eigenvalue weighted by Gasteiger charge is 2.38. The molecule has 200 valence electrons. The molecular formula is C27H43N5O4. The van der Waals surface area contributed by atoms with Crippen molar-refractivity contribution in [2.75, 3.05) is 33.2 Å². The van der Waals surface area contributed by atoms with Crippen LogP contribution in [0.1, 0.15) is 52.0 Å². The maximum absolute atomic E-state index is 13.7. The Hall–Kier alpha value is -2.65. The topological polar surface area (TPSA) is 103 Å². The summed E-state index contributed by atoms with van der Waals surface area (Å²) in [6, 6.07) is 8.99. The van der Waals surface area contributed by atoms with Gasteiger partial charge in [-0.3, -0.25) is 14.5 Å². The number of likely N-dealkylation sites (N-methyl/N-ethyl adjacent to an activating group) is 1. The van der Waals surface area contributed by atoms with Crippen molar-refractivity contribution in [2.24, 2.45) is 11.8 Å². The van der Waals surface area contributed by atoms with Gasteiger partial charge in [-0.2, -0.15) is 0 Å². The van der Waals surface area contributed by atoms with Gasteiger partial charge in [0.25, 0.3) is 0 Å². The normalized spacial score (nSPS) is 20.7. The van der Waals surface area contributed by atoms with E-state index < -0.39 is 24.4 Å². The summed E-state index contributed by atoms with van der Waals surface area (Å²) in [6.45, 7) is 8.33. The van der Waals surface area contributed by atoms with Gasteiger partial charge in [0.2, 0.25) is 11.8 Å². The summed E-state index contributed by atoms with van der Waals surface area (Å²) in [4.78, 5) is 42.8. The zero-order chi connectivity index (χ0) is 26.1. The van der Waals surface area contributed by atoms with Crippen LogP contribution in [0, 0.1) is 11.8 Å². The standard InChI is InChI=1S/C27H43N5O4/c1-19(2)24(30-25(33)20(3)28-4)26(34)32-15-14-31(17-22-12-6-5-7-13-22)18-23(32)36-27(35)29-16-21-10-8-9-11-21/h5-7,12-13,19-21,23-24,28H,8-11,14-18H2,1-4H3,(H,29,35)(H,30,33)/t20-,23-,24-/m0/s1. The molecule has 1 aromatic carbocycles. The fourth-order valence-corrected chi connectivity index (χ4v) is 4.85. The molecule has 0 bridgehead atoms. The maximum atomic E-state index is 13.7. The fourth-order valence-electron chi connectivity index (χ4n) is 4.85. The molecule has 0 spiro atoms. The van der Waals surface area contributed by atoms with Crippen molar-refractivity contribution < 1.29 is 19.1 Å². The van der Waals surface area contributed by atoms with Crippen LogP contribution in [0.5, 0.6) is 0 Å². The monoisotopic (exact) mass is 501 g/mol. The number of alkyl carbamates (subject to hydrolysis) is 1. The van der Waals surface area contributed by atoms with Gasteiger partial charge >= 0.3 is 6.09 Å². The van der Waals surface area contributed by atoms with Crippen LogP contribution in [-0.4, -0.2) is 79.2 Å². The summed E-state index contributed by atoms with van der Waals surface area (Å²) in [5.41, 5.74) is 1.16. The van der Waals surface area contributed by atoms with Gasteiger partial charge in [-0.1, -0.05) is 57.0 Å². The van der Waals surface area contributed by atoms with Gasteiger partial charge in [-0.05, 0) is 44.2 Å². The van der Waals surface area contributed by atoms with Gasteiger partial charge < -0.3 is 25.6 Å². The molecular weight excluding hydrogens is 458 g/mol. The molecule has 36 heavy (non-hydrogen) atoms. The minimum Gasteiger partial charge on any atom is -0.424 e. The van der Waals surface area contributed by atoms with E-state index >= 15 is 0 Å². The van der Waals surface area contributed by atoms with E-state index in [1.165, 1.54) is 12.8 Å². The average Bonchev–Trinajstić information content (AvgIpc) is 3.39. The Morgan fingerprint density at radius 1 is 1.06 bits per heavy atom. The van der Waals surface area contributed by atoms with E-state index in [1.54, 1.807) is 18.9 Å². The zero-order valence-electron chi connectivity index (χ0n) is 22.2. The van der Waals surface area contributed by atoms with E-state index in [-0.39, 0.29) is 17.7 Å². The van der Waals surface area contributed by atoms with Gasteiger partial charge in [-0.15, -0.1) is 0 Å². The number of piperazine rings is 1. The van der Waals surface area contributed by atoms with E-state index in [0.29, 0.717) is 38.6 Å². The Balaban J connectivity index is 1.70. The van der Waals surface area contributed by atoms with Crippen LogP contribution in [0.4, 0.5) is 4.79 Å². The lowest BCUT2D eigenvalue weighted by atomic mass is 10.0. The van der Waals surface area contributed by atoms with Crippen LogP contribution in [0.3, 0.4) is 0 Å². The second-order valence-corrected chi connectivity index (χ2v) is 10.4. The van der Waals surface area contributed by atoms with Gasteiger partial charge in [0.1, 0.15) is 6.04 Å². The largest absolute Gasteiger partial charge is 0.424 e. The predicted octanol–water partition coefficient (Wildman–Crippen LogP) is 2.32. The summed E-state index contributed by atoms with van der Waals surface area (Å²) in [5.74, 6) is -0.0933. The Labute approximate surface area is 215 Å². The quantitative estimate of drug-likeness (QED) is 0.455. The van der Waals surface area contributed by atoms with Gasteiger partial charge in [0.15, 0.2) is 6.23 Å². The summed E-state index contributed by atoms with van der Waals surface area (Å²) in [7, 11) is 1.70. The molecule has 1 heterocycles. The highest BCUT2D eigenvalue weighted by Crippen LogP contribution is 2.24. The SMILES string of the molecule is CN[C@@H](C)C(=O)N[C@H](C(=O)N1CCN(Cc2ccccc2)C[C@@H]1OC(=O)NCC1CCCC1)C(C)C. The first-order valence-electron chi connectivity index (χ1n) is 13.3. The summed E-state index contributed by atoms with van der Waals surface area (Å²) < 4.78 is 5.84. The summed E-state index contributed by atoms with van der Waals surface area (Å²) in [5, 5.41) is 8.70. The molecule has 2 fully saturated rings. The number of carbonyl (C=O) groups is 3. The molecule has 3 atom stereocenters. The minimum atomic E-state index is -0.738. The van der Waals surface area contributed by atoms with Crippen molar-refractivity contribution in [3.8, 4) is 0 Å². The number of hydrogen-bond acceptors (Lipinski definition) is 6. The number of nitrogens with zero attached hydrogens (tertiary/aromatic N) is 2. The number of ether oxygens (including phenoxy) is 1. The molecule has 1 saturated carbocycles. The molecule has 3 amide bonds. The molecule has 0 radical (unpaired) electrons. The van der Waals surface area contributed by atoms with E-state index in [4.69, 9.17) is 4.74 Å². The number of rotatable bonds is 10. The maximum Gasteiger partial charge on any atom is 0.409 e. The summed E-state index contributed by atoms with van der Waals surface area (Å²) >= 11 is 0. The lowest BCUT2D eigenvalue weighted by Gasteiger charge is -2.42. The van der Waals surface area contributed by atoms with Crippen LogP contribution >= 0.6 is 0 Å². The fraction of sp³-hybridized carbons (Fsp3) is 0.667. The second-order valence-electron chi connectivity index (χ2n) is 10.4. The van der Waals surface area contributed by atoms with Crippen molar-refractivity contribution in [1.29, 1.82) is 0 Å². The smallest absolute Gasteiger partial charge is 0.409 e. The van der Waals surface area contributed by atoms with Crippen LogP contribution < -0.4 is 16.0 Å². The Kier molecular flexibility index (Phi) is 10.6. The molecule has 9 heteroatoms. The van der Waals surface area contributed by atoms with Crippen molar-refractivity contribution >= 4 is 17.9 Å². The first-order chi connectivity index (χ1) is 17.3. The number of amides is 3. The molecule has 3 N–H and O–H groups in total. The van der Waals surface area contributed by atoms with Crippen molar-refractivity contribution in [2.45, 2.75) is 71.3 Å². The third kappa shape index (κ3) is 7.93. The number of benzene rings is 1. The Bertz CT molecular complexity index is 859. The molecule has 0 aromatic heterocycles. The molecule has 0 unspecified atom stereocenters. The highest BCUT2D eigenvalue weighted by atomic mass is 16.6. The zero-order valence-corrected chi connectivity index (χ0v) is 22.2. The van der Waals surface area contributed by atoms with Gasteiger partial charge in [0, 0.05) is 26.2 Å².